The Balaban J connectivity index is 1.85. The van der Waals surface area contributed by atoms with Crippen molar-refractivity contribution in [3.63, 3.8) is 0 Å². The van der Waals surface area contributed by atoms with E-state index in [9.17, 15) is 0 Å². The first-order valence-electron chi connectivity index (χ1n) is 6.39. The third kappa shape index (κ3) is 2.71. The number of nitrogens with zero attached hydrogens (tertiary/aromatic N) is 1. The van der Waals surface area contributed by atoms with Crippen LogP contribution in [-0.4, -0.2) is 49.3 Å². The van der Waals surface area contributed by atoms with E-state index in [1.165, 1.54) is 19.3 Å². The molecule has 0 radical (unpaired) electrons. The van der Waals surface area contributed by atoms with Gasteiger partial charge in [0.25, 0.3) is 0 Å². The standard InChI is InChI=1S/C12H24N2O/c1-3-11-5-4-10(2)14(11)9-12-8-13-6-7-15-12/h10-13H,3-9H2,1-2H3. The smallest absolute Gasteiger partial charge is 0.0826 e. The molecule has 2 aliphatic heterocycles. The molecule has 2 aliphatic rings. The Morgan fingerprint density at radius 1 is 1.40 bits per heavy atom. The zero-order valence-electron chi connectivity index (χ0n) is 10.0. The minimum absolute atomic E-state index is 0.411. The third-order valence-corrected chi connectivity index (χ3v) is 3.84. The molecular formula is C12H24N2O. The summed E-state index contributed by atoms with van der Waals surface area (Å²) in [6.07, 6.45) is 4.43. The van der Waals surface area contributed by atoms with Crippen molar-refractivity contribution in [1.29, 1.82) is 0 Å². The van der Waals surface area contributed by atoms with Gasteiger partial charge in [-0.25, -0.2) is 0 Å². The van der Waals surface area contributed by atoms with Crippen LogP contribution in [0.4, 0.5) is 0 Å². The number of morpholine rings is 1. The second-order valence-corrected chi connectivity index (χ2v) is 4.88. The second kappa shape index (κ2) is 5.28. The molecule has 3 atom stereocenters. The molecule has 0 aromatic rings. The van der Waals surface area contributed by atoms with Crippen LogP contribution in [0.5, 0.6) is 0 Å². The molecular weight excluding hydrogens is 188 g/mol. The highest BCUT2D eigenvalue weighted by Gasteiger charge is 2.31. The Morgan fingerprint density at radius 2 is 2.27 bits per heavy atom. The summed E-state index contributed by atoms with van der Waals surface area (Å²) in [7, 11) is 0. The summed E-state index contributed by atoms with van der Waals surface area (Å²) >= 11 is 0. The predicted molar refractivity (Wildman–Crippen MR) is 62.1 cm³/mol. The summed E-state index contributed by atoms with van der Waals surface area (Å²) in [6.45, 7) is 8.70. The molecule has 2 rings (SSSR count). The van der Waals surface area contributed by atoms with Crippen molar-refractivity contribution >= 4 is 0 Å². The zero-order chi connectivity index (χ0) is 10.7. The van der Waals surface area contributed by atoms with E-state index in [4.69, 9.17) is 4.74 Å². The molecule has 2 heterocycles. The molecule has 0 spiro atoms. The Kier molecular flexibility index (Phi) is 4.00. The Morgan fingerprint density at radius 3 is 2.93 bits per heavy atom. The van der Waals surface area contributed by atoms with Crippen molar-refractivity contribution in [2.45, 2.75) is 51.3 Å². The Bertz CT molecular complexity index is 192. The molecule has 3 heteroatoms. The molecule has 0 aromatic carbocycles. The fraction of sp³-hybridized carbons (Fsp3) is 1.00. The lowest BCUT2D eigenvalue weighted by Crippen LogP contribution is -2.48. The molecule has 88 valence electrons. The molecule has 2 saturated heterocycles. The molecule has 3 unspecified atom stereocenters. The first-order chi connectivity index (χ1) is 7.31. The quantitative estimate of drug-likeness (QED) is 0.762. The molecule has 0 aliphatic carbocycles. The molecule has 0 aromatic heterocycles. The van der Waals surface area contributed by atoms with Crippen molar-refractivity contribution in [1.82, 2.24) is 10.2 Å². The van der Waals surface area contributed by atoms with Gasteiger partial charge in [-0.2, -0.15) is 0 Å². The number of nitrogens with one attached hydrogen (secondary N) is 1. The van der Waals surface area contributed by atoms with Crippen LogP contribution < -0.4 is 5.32 Å². The molecule has 0 bridgehead atoms. The van der Waals surface area contributed by atoms with Gasteiger partial charge in [-0.1, -0.05) is 6.92 Å². The number of hydrogen-bond donors (Lipinski definition) is 1. The van der Waals surface area contributed by atoms with Gasteiger partial charge in [0.05, 0.1) is 12.7 Å². The van der Waals surface area contributed by atoms with Crippen molar-refractivity contribution in [2.24, 2.45) is 0 Å². The number of hydrogen-bond acceptors (Lipinski definition) is 3. The van der Waals surface area contributed by atoms with Crippen LogP contribution >= 0.6 is 0 Å². The monoisotopic (exact) mass is 212 g/mol. The fourth-order valence-electron chi connectivity index (χ4n) is 2.86. The maximum atomic E-state index is 5.78. The van der Waals surface area contributed by atoms with Crippen LogP contribution in [0.1, 0.15) is 33.1 Å². The van der Waals surface area contributed by atoms with Gasteiger partial charge in [-0.05, 0) is 26.2 Å². The summed E-state index contributed by atoms with van der Waals surface area (Å²) in [5, 5.41) is 3.40. The average Bonchev–Trinajstić information content (AvgIpc) is 2.62. The molecule has 2 fully saturated rings. The highest BCUT2D eigenvalue weighted by molar-refractivity contribution is 4.86. The van der Waals surface area contributed by atoms with Gasteiger partial charge in [0.2, 0.25) is 0 Å². The number of rotatable bonds is 3. The second-order valence-electron chi connectivity index (χ2n) is 4.88. The fourth-order valence-corrected chi connectivity index (χ4v) is 2.86. The normalized spacial score (nSPS) is 38.4. The third-order valence-electron chi connectivity index (χ3n) is 3.84. The van der Waals surface area contributed by atoms with Gasteiger partial charge < -0.3 is 10.1 Å². The van der Waals surface area contributed by atoms with Gasteiger partial charge in [-0.3, -0.25) is 4.90 Å². The van der Waals surface area contributed by atoms with Gasteiger partial charge in [0.15, 0.2) is 0 Å². The van der Waals surface area contributed by atoms with Gasteiger partial charge in [-0.15, -0.1) is 0 Å². The molecule has 1 N–H and O–H groups in total. The minimum Gasteiger partial charge on any atom is -0.374 e. The minimum atomic E-state index is 0.411. The maximum absolute atomic E-state index is 5.78. The lowest BCUT2D eigenvalue weighted by molar-refractivity contribution is -0.00376. The summed E-state index contributed by atoms with van der Waals surface area (Å²) in [5.74, 6) is 0. The molecule has 15 heavy (non-hydrogen) atoms. The highest BCUT2D eigenvalue weighted by Crippen LogP contribution is 2.26. The molecule has 3 nitrogen and oxygen atoms in total. The zero-order valence-corrected chi connectivity index (χ0v) is 10.0. The van der Waals surface area contributed by atoms with Crippen LogP contribution in [0, 0.1) is 0 Å². The Labute approximate surface area is 93.2 Å². The first-order valence-corrected chi connectivity index (χ1v) is 6.39. The van der Waals surface area contributed by atoms with E-state index in [0.29, 0.717) is 6.10 Å². The summed E-state index contributed by atoms with van der Waals surface area (Å²) < 4.78 is 5.78. The van der Waals surface area contributed by atoms with E-state index in [1.807, 2.05) is 0 Å². The summed E-state index contributed by atoms with van der Waals surface area (Å²) in [4.78, 5) is 2.65. The van der Waals surface area contributed by atoms with E-state index >= 15 is 0 Å². The lowest BCUT2D eigenvalue weighted by Gasteiger charge is -2.33. The van der Waals surface area contributed by atoms with Gasteiger partial charge >= 0.3 is 0 Å². The van der Waals surface area contributed by atoms with E-state index in [0.717, 1.165) is 38.3 Å². The van der Waals surface area contributed by atoms with Crippen LogP contribution in [0.3, 0.4) is 0 Å². The number of likely N-dealkylation sites (tertiary alicyclic amines) is 1. The van der Waals surface area contributed by atoms with Gasteiger partial charge in [0.1, 0.15) is 0 Å². The lowest BCUT2D eigenvalue weighted by atomic mass is 10.1. The summed E-state index contributed by atoms with van der Waals surface area (Å²) in [5.41, 5.74) is 0. The SMILES string of the molecule is CCC1CCC(C)N1CC1CNCCO1. The molecule has 0 saturated carbocycles. The maximum Gasteiger partial charge on any atom is 0.0826 e. The van der Waals surface area contributed by atoms with Crippen LogP contribution in [0.15, 0.2) is 0 Å². The largest absolute Gasteiger partial charge is 0.374 e. The van der Waals surface area contributed by atoms with Crippen molar-refractivity contribution in [3.8, 4) is 0 Å². The van der Waals surface area contributed by atoms with E-state index < -0.39 is 0 Å². The van der Waals surface area contributed by atoms with E-state index in [1.54, 1.807) is 0 Å². The van der Waals surface area contributed by atoms with Crippen LogP contribution in [0.2, 0.25) is 0 Å². The van der Waals surface area contributed by atoms with E-state index in [-0.39, 0.29) is 0 Å². The first kappa shape index (κ1) is 11.4. The van der Waals surface area contributed by atoms with Crippen molar-refractivity contribution < 1.29 is 4.74 Å². The Hall–Kier alpha value is -0.120. The van der Waals surface area contributed by atoms with E-state index in [2.05, 4.69) is 24.1 Å². The van der Waals surface area contributed by atoms with Crippen molar-refractivity contribution in [2.75, 3.05) is 26.2 Å². The van der Waals surface area contributed by atoms with Crippen LogP contribution in [-0.2, 0) is 4.74 Å². The van der Waals surface area contributed by atoms with Crippen LogP contribution in [0.25, 0.3) is 0 Å². The highest BCUT2D eigenvalue weighted by atomic mass is 16.5. The summed E-state index contributed by atoms with van der Waals surface area (Å²) in [6, 6.07) is 1.55. The van der Waals surface area contributed by atoms with Gasteiger partial charge in [0, 0.05) is 31.7 Å². The molecule has 0 amide bonds. The van der Waals surface area contributed by atoms with Crippen molar-refractivity contribution in [3.05, 3.63) is 0 Å². The average molecular weight is 212 g/mol. The predicted octanol–water partition coefficient (Wildman–Crippen LogP) is 1.24. The number of ether oxygens (including phenoxy) is 1. The topological polar surface area (TPSA) is 24.5 Å².